The van der Waals surface area contributed by atoms with E-state index in [2.05, 4.69) is 10.1 Å². The predicted octanol–water partition coefficient (Wildman–Crippen LogP) is 4.11. The number of halogens is 3. The number of hydrogen-bond donors (Lipinski definition) is 1. The molecular weight excluding hydrogens is 453 g/mol. The van der Waals surface area contributed by atoms with Gasteiger partial charge in [-0.3, -0.25) is 4.79 Å². The van der Waals surface area contributed by atoms with Crippen molar-refractivity contribution in [1.29, 1.82) is 0 Å². The van der Waals surface area contributed by atoms with Crippen LogP contribution in [-0.4, -0.2) is 57.8 Å². The number of nitrogens with zero attached hydrogens (tertiary/aromatic N) is 4. The Kier molecular flexibility index (Phi) is 6.39. The minimum Gasteiger partial charge on any atom is -0.493 e. The summed E-state index contributed by atoms with van der Waals surface area (Å²) < 4.78 is 53.3. The van der Waals surface area contributed by atoms with E-state index in [1.165, 1.54) is 33.3 Å². The normalized spacial score (nSPS) is 15.4. The molecule has 0 aliphatic carbocycles. The molecule has 8 nitrogen and oxygen atoms in total. The number of hydrogen-bond acceptors (Lipinski definition) is 6. The third-order valence-electron chi connectivity index (χ3n) is 5.89. The van der Waals surface area contributed by atoms with E-state index in [0.29, 0.717) is 23.2 Å². The number of benzene rings is 1. The van der Waals surface area contributed by atoms with Gasteiger partial charge in [0.25, 0.3) is 5.91 Å². The van der Waals surface area contributed by atoms with Crippen LogP contribution >= 0.6 is 0 Å². The Balaban J connectivity index is 1.93. The SMILES string of the molecule is COc1cc(-c2cc(C(F)(F)F)n3ncc(C(=O)N4CCCCC4)c3n2)cc(C(C)O)c1OC. The fraction of sp³-hybridized carbons (Fsp3) is 0.435. The van der Waals surface area contributed by atoms with Gasteiger partial charge >= 0.3 is 6.18 Å². The van der Waals surface area contributed by atoms with Crippen LogP contribution in [-0.2, 0) is 6.18 Å². The van der Waals surface area contributed by atoms with E-state index in [-0.39, 0.29) is 34.0 Å². The highest BCUT2D eigenvalue weighted by atomic mass is 19.4. The van der Waals surface area contributed by atoms with E-state index in [1.807, 2.05) is 0 Å². The summed E-state index contributed by atoms with van der Waals surface area (Å²) in [6, 6.07) is 3.84. The highest BCUT2D eigenvalue weighted by Crippen LogP contribution is 2.40. The van der Waals surface area contributed by atoms with Gasteiger partial charge in [0.05, 0.1) is 32.2 Å². The molecule has 182 valence electrons. The van der Waals surface area contributed by atoms with Crippen molar-refractivity contribution in [2.24, 2.45) is 0 Å². The largest absolute Gasteiger partial charge is 0.493 e. The number of aromatic nitrogens is 3. The lowest BCUT2D eigenvalue weighted by atomic mass is 10.0. The molecule has 2 aromatic heterocycles. The van der Waals surface area contributed by atoms with Gasteiger partial charge in [-0.2, -0.15) is 18.3 Å². The van der Waals surface area contributed by atoms with E-state index in [1.54, 1.807) is 4.90 Å². The molecule has 1 aliphatic heterocycles. The Bertz CT molecular complexity index is 1220. The van der Waals surface area contributed by atoms with Crippen LogP contribution in [0.5, 0.6) is 11.5 Å². The summed E-state index contributed by atoms with van der Waals surface area (Å²) in [7, 11) is 2.79. The van der Waals surface area contributed by atoms with Gasteiger partial charge in [-0.15, -0.1) is 0 Å². The molecule has 4 rings (SSSR count). The van der Waals surface area contributed by atoms with E-state index in [9.17, 15) is 23.1 Å². The topological polar surface area (TPSA) is 89.2 Å². The molecule has 0 saturated carbocycles. The standard InChI is InChI=1S/C23H25F3N4O4/c1-13(31)15-9-14(10-18(33-2)20(15)34-3)17-11-19(23(24,25)26)30-21(28-17)16(12-27-30)22(32)29-7-5-4-6-8-29/h9-13,31H,4-8H2,1-3H3. The first kappa shape index (κ1) is 23.8. The van der Waals surface area contributed by atoms with Crippen molar-refractivity contribution in [2.45, 2.75) is 38.5 Å². The van der Waals surface area contributed by atoms with Gasteiger partial charge in [0.2, 0.25) is 0 Å². The molecule has 1 unspecified atom stereocenters. The number of alkyl halides is 3. The monoisotopic (exact) mass is 478 g/mol. The third kappa shape index (κ3) is 4.27. The third-order valence-corrected chi connectivity index (χ3v) is 5.89. The van der Waals surface area contributed by atoms with Crippen molar-refractivity contribution in [1.82, 2.24) is 19.5 Å². The van der Waals surface area contributed by atoms with Gasteiger partial charge in [-0.05, 0) is 44.4 Å². The lowest BCUT2D eigenvalue weighted by Crippen LogP contribution is -2.35. The van der Waals surface area contributed by atoms with Crippen LogP contribution in [0.3, 0.4) is 0 Å². The quantitative estimate of drug-likeness (QED) is 0.594. The van der Waals surface area contributed by atoms with Gasteiger partial charge < -0.3 is 19.5 Å². The summed E-state index contributed by atoms with van der Waals surface area (Å²) in [4.78, 5) is 19.1. The molecule has 34 heavy (non-hydrogen) atoms. The molecule has 1 fully saturated rings. The van der Waals surface area contributed by atoms with Crippen molar-refractivity contribution in [2.75, 3.05) is 27.3 Å². The minimum atomic E-state index is -4.75. The van der Waals surface area contributed by atoms with Crippen molar-refractivity contribution in [3.8, 4) is 22.8 Å². The highest BCUT2D eigenvalue weighted by molar-refractivity contribution is 6.00. The molecule has 0 bridgehead atoms. The molecule has 1 N–H and O–H groups in total. The number of carbonyl (C=O) groups excluding carboxylic acids is 1. The highest BCUT2D eigenvalue weighted by Gasteiger charge is 2.36. The van der Waals surface area contributed by atoms with E-state index >= 15 is 0 Å². The summed E-state index contributed by atoms with van der Waals surface area (Å²) in [5, 5.41) is 14.1. The fourth-order valence-corrected chi connectivity index (χ4v) is 4.18. The van der Waals surface area contributed by atoms with Crippen molar-refractivity contribution in [3.63, 3.8) is 0 Å². The van der Waals surface area contributed by atoms with Crippen LogP contribution < -0.4 is 9.47 Å². The zero-order valence-corrected chi connectivity index (χ0v) is 19.0. The molecule has 0 spiro atoms. The number of aliphatic hydroxyl groups is 1. The first-order chi connectivity index (χ1) is 16.2. The smallest absolute Gasteiger partial charge is 0.433 e. The molecule has 1 atom stereocenters. The molecule has 1 aliphatic rings. The Morgan fingerprint density at radius 2 is 1.82 bits per heavy atom. The number of carbonyl (C=O) groups is 1. The molecular formula is C23H25F3N4O4. The van der Waals surface area contributed by atoms with E-state index in [4.69, 9.17) is 9.47 Å². The molecule has 3 heterocycles. The lowest BCUT2D eigenvalue weighted by molar-refractivity contribution is -0.142. The number of ether oxygens (including phenoxy) is 2. The van der Waals surface area contributed by atoms with Crippen LogP contribution in [0.4, 0.5) is 13.2 Å². The first-order valence-electron chi connectivity index (χ1n) is 10.8. The zero-order chi connectivity index (χ0) is 24.6. The average Bonchev–Trinajstić information content (AvgIpc) is 3.25. The maximum Gasteiger partial charge on any atom is 0.433 e. The average molecular weight is 478 g/mol. The van der Waals surface area contributed by atoms with Crippen LogP contribution in [0.15, 0.2) is 24.4 Å². The molecule has 1 saturated heterocycles. The molecule has 3 aromatic rings. The summed E-state index contributed by atoms with van der Waals surface area (Å²) >= 11 is 0. The second-order valence-corrected chi connectivity index (χ2v) is 8.15. The van der Waals surface area contributed by atoms with Gasteiger partial charge in [-0.1, -0.05) is 0 Å². The number of likely N-dealkylation sites (tertiary alicyclic amines) is 1. The van der Waals surface area contributed by atoms with Gasteiger partial charge in [0, 0.05) is 24.2 Å². The molecule has 11 heteroatoms. The Labute approximate surface area is 193 Å². The summed E-state index contributed by atoms with van der Waals surface area (Å²) in [5.41, 5.74) is -0.710. The number of methoxy groups -OCH3 is 2. The maximum absolute atomic E-state index is 14.0. The number of amides is 1. The van der Waals surface area contributed by atoms with E-state index in [0.717, 1.165) is 31.5 Å². The second-order valence-electron chi connectivity index (χ2n) is 8.15. The summed E-state index contributed by atoms with van der Waals surface area (Å²) in [6.45, 7) is 2.58. The van der Waals surface area contributed by atoms with Crippen LogP contribution in [0.1, 0.15) is 53.9 Å². The first-order valence-corrected chi connectivity index (χ1v) is 10.8. The summed E-state index contributed by atoms with van der Waals surface area (Å²) in [5.74, 6) is 0.0948. The lowest BCUT2D eigenvalue weighted by Gasteiger charge is -2.26. The zero-order valence-electron chi connectivity index (χ0n) is 19.0. The number of aliphatic hydroxyl groups excluding tert-OH is 1. The summed E-state index contributed by atoms with van der Waals surface area (Å²) in [6.07, 6.45) is -1.92. The number of piperidine rings is 1. The second kappa shape index (κ2) is 9.13. The van der Waals surface area contributed by atoms with Crippen LogP contribution in [0.25, 0.3) is 16.9 Å². The number of fused-ring (bicyclic) bond motifs is 1. The number of rotatable bonds is 5. The maximum atomic E-state index is 14.0. The minimum absolute atomic E-state index is 0.00507. The van der Waals surface area contributed by atoms with Crippen LogP contribution in [0.2, 0.25) is 0 Å². The van der Waals surface area contributed by atoms with Crippen molar-refractivity contribution in [3.05, 3.63) is 41.2 Å². The van der Waals surface area contributed by atoms with Crippen molar-refractivity contribution < 1.29 is 32.5 Å². The van der Waals surface area contributed by atoms with Gasteiger partial charge in [-0.25, -0.2) is 9.50 Å². The van der Waals surface area contributed by atoms with Crippen LogP contribution in [0, 0.1) is 0 Å². The Morgan fingerprint density at radius 1 is 1.12 bits per heavy atom. The van der Waals surface area contributed by atoms with E-state index < -0.39 is 23.9 Å². The fourth-order valence-electron chi connectivity index (χ4n) is 4.18. The van der Waals surface area contributed by atoms with Gasteiger partial charge in [0.1, 0.15) is 5.56 Å². The Morgan fingerprint density at radius 3 is 2.41 bits per heavy atom. The molecule has 1 aromatic carbocycles. The van der Waals surface area contributed by atoms with Gasteiger partial charge in [0.15, 0.2) is 22.8 Å². The molecule has 0 radical (unpaired) electrons. The molecule has 1 amide bonds. The van der Waals surface area contributed by atoms with Crippen molar-refractivity contribution >= 4 is 11.6 Å². The predicted molar refractivity (Wildman–Crippen MR) is 117 cm³/mol. The Hall–Kier alpha value is -3.34.